The molecule has 0 bridgehead atoms. The van der Waals surface area contributed by atoms with Gasteiger partial charge >= 0.3 is 0 Å². The number of thiocarbonyl (C=S) groups is 1. The normalized spacial score (nSPS) is 23.1. The molecule has 1 saturated carbocycles. The number of anilines is 1. The van der Waals surface area contributed by atoms with Crippen LogP contribution in [0.1, 0.15) is 43.7 Å². The van der Waals surface area contributed by atoms with E-state index >= 15 is 0 Å². The van der Waals surface area contributed by atoms with Crippen LogP contribution in [0.2, 0.25) is 0 Å². The summed E-state index contributed by atoms with van der Waals surface area (Å²) in [7, 11) is 2.19. The summed E-state index contributed by atoms with van der Waals surface area (Å²) < 4.78 is 0. The molecule has 0 spiro atoms. The Balaban J connectivity index is 2.32. The molecular weight excluding hydrogens is 252 g/mol. The number of benzene rings is 1. The van der Waals surface area contributed by atoms with Crippen LogP contribution < -0.4 is 10.6 Å². The smallest absolute Gasteiger partial charge is 0.106 e. The van der Waals surface area contributed by atoms with Crippen molar-refractivity contribution >= 4 is 22.9 Å². The Bertz CT molecular complexity index is 470. The first-order valence-electron chi connectivity index (χ1n) is 7.13. The lowest BCUT2D eigenvalue weighted by molar-refractivity contribution is 0.336. The van der Waals surface area contributed by atoms with Crippen LogP contribution in [-0.4, -0.2) is 18.1 Å². The summed E-state index contributed by atoms with van der Waals surface area (Å²) in [6.45, 7) is 4.49. The molecule has 2 rings (SSSR count). The lowest BCUT2D eigenvalue weighted by atomic mass is 9.86. The second kappa shape index (κ2) is 5.91. The fourth-order valence-corrected chi connectivity index (χ4v) is 3.43. The predicted octanol–water partition coefficient (Wildman–Crippen LogP) is 3.64. The summed E-state index contributed by atoms with van der Waals surface area (Å²) in [6, 6.07) is 6.82. The molecule has 2 unspecified atom stereocenters. The van der Waals surface area contributed by atoms with Crippen molar-refractivity contribution in [3.8, 4) is 0 Å². The van der Waals surface area contributed by atoms with Gasteiger partial charge in [-0.15, -0.1) is 0 Å². The van der Waals surface area contributed by atoms with E-state index in [2.05, 4.69) is 31.9 Å². The molecule has 1 aliphatic rings. The number of rotatable bonds is 3. The molecule has 0 radical (unpaired) electrons. The van der Waals surface area contributed by atoms with Gasteiger partial charge in [0.25, 0.3) is 0 Å². The zero-order valence-electron chi connectivity index (χ0n) is 12.1. The number of aryl methyl sites for hydroxylation is 1. The topological polar surface area (TPSA) is 29.3 Å². The summed E-state index contributed by atoms with van der Waals surface area (Å²) in [5.41, 5.74) is 9.37. The van der Waals surface area contributed by atoms with E-state index in [0.717, 1.165) is 11.5 Å². The van der Waals surface area contributed by atoms with E-state index < -0.39 is 0 Å². The molecule has 0 saturated heterocycles. The van der Waals surface area contributed by atoms with Crippen LogP contribution >= 0.6 is 12.2 Å². The Morgan fingerprint density at radius 3 is 2.74 bits per heavy atom. The highest BCUT2D eigenvalue weighted by molar-refractivity contribution is 7.80. The van der Waals surface area contributed by atoms with Crippen molar-refractivity contribution in [2.45, 2.75) is 45.6 Å². The fourth-order valence-electron chi connectivity index (χ4n) is 3.26. The summed E-state index contributed by atoms with van der Waals surface area (Å²) in [5.74, 6) is 0.818. The average Bonchev–Trinajstić information content (AvgIpc) is 2.37. The first kappa shape index (κ1) is 14.3. The number of hydrogen-bond acceptors (Lipinski definition) is 2. The maximum absolute atomic E-state index is 5.88. The predicted molar refractivity (Wildman–Crippen MR) is 86.9 cm³/mol. The van der Waals surface area contributed by atoms with E-state index in [-0.39, 0.29) is 0 Å². The molecule has 1 aromatic rings. The standard InChI is InChI=1S/C16H24N2S/c1-11-6-4-8-13(10-11)18(3)15-12(2)7-5-9-14(15)16(17)19/h5,7,9,11,13H,4,6,8,10H2,1-3H3,(H2,17,19). The molecular formula is C16H24N2S. The van der Waals surface area contributed by atoms with Crippen LogP contribution in [0.15, 0.2) is 18.2 Å². The quantitative estimate of drug-likeness (QED) is 0.855. The van der Waals surface area contributed by atoms with Crippen molar-refractivity contribution in [1.82, 2.24) is 0 Å². The van der Waals surface area contributed by atoms with Gasteiger partial charge in [0.05, 0.1) is 0 Å². The van der Waals surface area contributed by atoms with Gasteiger partial charge in [0.2, 0.25) is 0 Å². The first-order chi connectivity index (χ1) is 9.00. The van der Waals surface area contributed by atoms with E-state index in [1.807, 2.05) is 12.1 Å². The minimum absolute atomic E-state index is 0.495. The van der Waals surface area contributed by atoms with Gasteiger partial charge in [-0.05, 0) is 37.3 Å². The SMILES string of the molecule is Cc1cccc(C(N)=S)c1N(C)C1CCCC(C)C1. The Kier molecular flexibility index (Phi) is 4.46. The van der Waals surface area contributed by atoms with Crippen LogP contribution in [-0.2, 0) is 0 Å². The average molecular weight is 276 g/mol. The van der Waals surface area contributed by atoms with Crippen molar-refractivity contribution in [3.05, 3.63) is 29.3 Å². The molecule has 2 nitrogen and oxygen atoms in total. The monoisotopic (exact) mass is 276 g/mol. The van der Waals surface area contributed by atoms with Crippen molar-refractivity contribution < 1.29 is 0 Å². The summed E-state index contributed by atoms with van der Waals surface area (Å²) in [6.07, 6.45) is 5.22. The van der Waals surface area contributed by atoms with Crippen LogP contribution in [0.5, 0.6) is 0 Å². The number of nitrogens with two attached hydrogens (primary N) is 1. The van der Waals surface area contributed by atoms with E-state index in [9.17, 15) is 0 Å². The van der Waals surface area contributed by atoms with E-state index in [1.165, 1.54) is 36.9 Å². The molecule has 0 aromatic heterocycles. The van der Waals surface area contributed by atoms with Crippen molar-refractivity contribution in [2.24, 2.45) is 11.7 Å². The van der Waals surface area contributed by atoms with Gasteiger partial charge in [-0.25, -0.2) is 0 Å². The molecule has 0 aliphatic heterocycles. The van der Waals surface area contributed by atoms with Crippen LogP contribution in [0, 0.1) is 12.8 Å². The van der Waals surface area contributed by atoms with Gasteiger partial charge in [0, 0.05) is 24.3 Å². The minimum atomic E-state index is 0.495. The molecule has 104 valence electrons. The second-order valence-electron chi connectivity index (χ2n) is 5.87. The van der Waals surface area contributed by atoms with Gasteiger partial charge in [-0.3, -0.25) is 0 Å². The molecule has 2 atom stereocenters. The first-order valence-corrected chi connectivity index (χ1v) is 7.53. The molecule has 1 aromatic carbocycles. The maximum atomic E-state index is 5.88. The molecule has 3 heteroatoms. The third-order valence-corrected chi connectivity index (χ3v) is 4.53. The number of hydrogen-bond donors (Lipinski definition) is 1. The van der Waals surface area contributed by atoms with Gasteiger partial charge in [-0.2, -0.15) is 0 Å². The lowest BCUT2D eigenvalue weighted by Crippen LogP contribution is -2.37. The Morgan fingerprint density at radius 2 is 2.11 bits per heavy atom. The Morgan fingerprint density at radius 1 is 1.37 bits per heavy atom. The van der Waals surface area contributed by atoms with E-state index in [1.54, 1.807) is 0 Å². The number of para-hydroxylation sites is 1. The van der Waals surface area contributed by atoms with Gasteiger partial charge in [0.15, 0.2) is 0 Å². The lowest BCUT2D eigenvalue weighted by Gasteiger charge is -2.37. The molecule has 19 heavy (non-hydrogen) atoms. The third kappa shape index (κ3) is 3.08. The van der Waals surface area contributed by atoms with Crippen LogP contribution in [0.4, 0.5) is 5.69 Å². The van der Waals surface area contributed by atoms with Crippen LogP contribution in [0.25, 0.3) is 0 Å². The highest BCUT2D eigenvalue weighted by Gasteiger charge is 2.25. The Hall–Kier alpha value is -1.09. The molecule has 1 aliphatic carbocycles. The van der Waals surface area contributed by atoms with E-state index in [0.29, 0.717) is 11.0 Å². The largest absolute Gasteiger partial charge is 0.389 e. The molecule has 0 amide bonds. The molecule has 2 N–H and O–H groups in total. The van der Waals surface area contributed by atoms with Crippen LogP contribution in [0.3, 0.4) is 0 Å². The highest BCUT2D eigenvalue weighted by atomic mass is 32.1. The second-order valence-corrected chi connectivity index (χ2v) is 6.31. The van der Waals surface area contributed by atoms with Gasteiger partial charge in [0.1, 0.15) is 4.99 Å². The van der Waals surface area contributed by atoms with Gasteiger partial charge < -0.3 is 10.6 Å². The maximum Gasteiger partial charge on any atom is 0.106 e. The summed E-state index contributed by atoms with van der Waals surface area (Å²) in [5, 5.41) is 0. The van der Waals surface area contributed by atoms with E-state index in [4.69, 9.17) is 18.0 Å². The minimum Gasteiger partial charge on any atom is -0.389 e. The molecule has 1 fully saturated rings. The van der Waals surface area contributed by atoms with Crippen molar-refractivity contribution in [1.29, 1.82) is 0 Å². The summed E-state index contributed by atoms with van der Waals surface area (Å²) in [4.78, 5) is 2.90. The third-order valence-electron chi connectivity index (χ3n) is 4.31. The highest BCUT2D eigenvalue weighted by Crippen LogP contribution is 2.33. The number of nitrogens with zero attached hydrogens (tertiary/aromatic N) is 1. The Labute approximate surface area is 122 Å². The van der Waals surface area contributed by atoms with Crippen molar-refractivity contribution in [3.63, 3.8) is 0 Å². The van der Waals surface area contributed by atoms with Crippen molar-refractivity contribution in [2.75, 3.05) is 11.9 Å². The zero-order valence-corrected chi connectivity index (χ0v) is 13.0. The zero-order chi connectivity index (χ0) is 14.0. The summed E-state index contributed by atoms with van der Waals surface area (Å²) >= 11 is 5.20. The fraction of sp³-hybridized carbons (Fsp3) is 0.562. The van der Waals surface area contributed by atoms with Gasteiger partial charge in [-0.1, -0.05) is 44.1 Å². The molecule has 0 heterocycles.